The molecule has 1 heterocycles. The van der Waals surface area contributed by atoms with E-state index >= 15 is 0 Å². The summed E-state index contributed by atoms with van der Waals surface area (Å²) in [6.45, 7) is 0. The third-order valence-corrected chi connectivity index (χ3v) is 13.8. The van der Waals surface area contributed by atoms with Crippen molar-refractivity contribution in [2.75, 3.05) is 0 Å². The quantitative estimate of drug-likeness (QED) is 0.173. The van der Waals surface area contributed by atoms with Crippen molar-refractivity contribution in [2.24, 2.45) is 0 Å². The lowest BCUT2D eigenvalue weighted by atomic mass is 9.66. The molecule has 2 aliphatic carbocycles. The number of hydrogen-bond acceptors (Lipinski definition) is 2. The molecule has 0 amide bonds. The molecule has 302 valence electrons. The van der Waals surface area contributed by atoms with Crippen LogP contribution in [0.1, 0.15) is 22.3 Å². The Morgan fingerprint density at radius 1 is 0.246 bits per heavy atom. The molecule has 65 heavy (non-hydrogen) atoms. The van der Waals surface area contributed by atoms with E-state index in [9.17, 15) is 0 Å². The Hall–Kier alpha value is -8.46. The lowest BCUT2D eigenvalue weighted by Crippen LogP contribution is -2.29. The number of nitrogens with zero attached hydrogens (tertiary/aromatic N) is 2. The molecule has 0 atom stereocenters. The van der Waals surface area contributed by atoms with Crippen molar-refractivity contribution >= 4 is 10.8 Å². The molecule has 0 bridgehead atoms. The van der Waals surface area contributed by atoms with Gasteiger partial charge in [-0.05, 0) is 101 Å². The minimum Gasteiger partial charge on any atom is -0.228 e. The van der Waals surface area contributed by atoms with Crippen molar-refractivity contribution in [3.05, 3.63) is 265 Å². The van der Waals surface area contributed by atoms with Gasteiger partial charge < -0.3 is 0 Å². The van der Waals surface area contributed by atoms with E-state index in [2.05, 4.69) is 243 Å². The van der Waals surface area contributed by atoms with E-state index in [-0.39, 0.29) is 0 Å². The van der Waals surface area contributed by atoms with Crippen LogP contribution < -0.4 is 0 Å². The molecule has 0 saturated carbocycles. The second kappa shape index (κ2) is 14.8. The second-order valence-corrected chi connectivity index (χ2v) is 17.2. The number of hydrogen-bond donors (Lipinski definition) is 0. The Kier molecular flexibility index (Phi) is 8.47. The fourth-order valence-corrected chi connectivity index (χ4v) is 10.8. The first kappa shape index (κ1) is 37.1. The summed E-state index contributed by atoms with van der Waals surface area (Å²) in [5.41, 5.74) is 21.6. The molecule has 2 nitrogen and oxygen atoms in total. The van der Waals surface area contributed by atoms with Gasteiger partial charge >= 0.3 is 0 Å². The zero-order valence-corrected chi connectivity index (χ0v) is 35.5. The Labute approximate surface area is 378 Å². The molecule has 2 aliphatic rings. The van der Waals surface area contributed by atoms with E-state index < -0.39 is 5.41 Å². The molecule has 13 rings (SSSR count). The van der Waals surface area contributed by atoms with Crippen molar-refractivity contribution in [1.82, 2.24) is 9.97 Å². The molecule has 0 fully saturated rings. The number of rotatable bonds is 5. The molecule has 1 aromatic heterocycles. The lowest BCUT2D eigenvalue weighted by Gasteiger charge is -2.35. The zero-order chi connectivity index (χ0) is 42.9. The smallest absolute Gasteiger partial charge is 0.160 e. The molecular formula is C63H40N2. The Balaban J connectivity index is 1.02. The van der Waals surface area contributed by atoms with Crippen LogP contribution in [0.25, 0.3) is 100 Å². The fourth-order valence-electron chi connectivity index (χ4n) is 10.8. The largest absolute Gasteiger partial charge is 0.228 e. The molecule has 0 saturated heterocycles. The summed E-state index contributed by atoms with van der Waals surface area (Å²) < 4.78 is 0. The summed E-state index contributed by atoms with van der Waals surface area (Å²) in [7, 11) is 0. The van der Waals surface area contributed by atoms with E-state index in [1.807, 2.05) is 0 Å². The van der Waals surface area contributed by atoms with Crippen molar-refractivity contribution < 1.29 is 0 Å². The van der Waals surface area contributed by atoms with Crippen molar-refractivity contribution in [3.8, 4) is 89.5 Å². The molecular weight excluding hydrogens is 785 g/mol. The monoisotopic (exact) mass is 824 g/mol. The van der Waals surface area contributed by atoms with Gasteiger partial charge in [0.05, 0.1) is 16.8 Å². The highest BCUT2D eigenvalue weighted by atomic mass is 14.9. The summed E-state index contributed by atoms with van der Waals surface area (Å²) in [5, 5.41) is 2.48. The summed E-state index contributed by atoms with van der Waals surface area (Å²) in [5.74, 6) is 0.688. The summed E-state index contributed by atoms with van der Waals surface area (Å²) in [6, 6.07) is 88.4. The topological polar surface area (TPSA) is 25.8 Å². The standard InChI is InChI=1S/C63H40N2/c1-2-15-41(16-3-1)42-29-35-46(36-30-42)62-64-60(45-33-31-44(32-34-45)49-25-14-18-43-17-4-5-19-48(43)49)40-61(65-62)47-37-38-59-55(39-47)51-21-7-6-20-50(51)52-22-8-11-26-56(52)63(59)57-27-12-9-23-53(57)54-24-10-13-28-58(54)63/h1-40H. The van der Waals surface area contributed by atoms with E-state index in [0.29, 0.717) is 5.82 Å². The van der Waals surface area contributed by atoms with Crippen LogP contribution in [0.4, 0.5) is 0 Å². The van der Waals surface area contributed by atoms with E-state index in [1.165, 1.54) is 83.1 Å². The zero-order valence-electron chi connectivity index (χ0n) is 35.5. The van der Waals surface area contributed by atoms with Gasteiger partial charge in [0.1, 0.15) is 0 Å². The molecule has 0 N–H and O–H groups in total. The van der Waals surface area contributed by atoms with Crippen LogP contribution in [0.2, 0.25) is 0 Å². The van der Waals surface area contributed by atoms with Gasteiger partial charge in [0.25, 0.3) is 0 Å². The van der Waals surface area contributed by atoms with Crippen molar-refractivity contribution in [3.63, 3.8) is 0 Å². The molecule has 0 aliphatic heterocycles. The van der Waals surface area contributed by atoms with Crippen LogP contribution in [0.5, 0.6) is 0 Å². The molecule has 11 aromatic rings. The molecule has 1 spiro atoms. The summed E-state index contributed by atoms with van der Waals surface area (Å²) in [6.07, 6.45) is 0. The Morgan fingerprint density at radius 2 is 0.677 bits per heavy atom. The highest BCUT2D eigenvalue weighted by molar-refractivity contribution is 5.99. The van der Waals surface area contributed by atoms with Crippen molar-refractivity contribution in [1.29, 1.82) is 0 Å². The maximum absolute atomic E-state index is 5.42. The van der Waals surface area contributed by atoms with Gasteiger partial charge in [0.15, 0.2) is 5.82 Å². The van der Waals surface area contributed by atoms with Gasteiger partial charge in [-0.25, -0.2) is 9.97 Å². The van der Waals surface area contributed by atoms with Gasteiger partial charge in [0.2, 0.25) is 0 Å². The van der Waals surface area contributed by atoms with Gasteiger partial charge in [-0.2, -0.15) is 0 Å². The molecule has 10 aromatic carbocycles. The van der Waals surface area contributed by atoms with E-state index in [4.69, 9.17) is 9.97 Å². The first-order chi connectivity index (χ1) is 32.2. The van der Waals surface area contributed by atoms with E-state index in [1.54, 1.807) is 0 Å². The Morgan fingerprint density at radius 3 is 1.35 bits per heavy atom. The summed E-state index contributed by atoms with van der Waals surface area (Å²) in [4.78, 5) is 10.7. The van der Waals surface area contributed by atoms with Gasteiger partial charge in [-0.1, -0.05) is 231 Å². The predicted molar refractivity (Wildman–Crippen MR) is 268 cm³/mol. The molecule has 0 radical (unpaired) electrons. The van der Waals surface area contributed by atoms with Crippen LogP contribution in [0.3, 0.4) is 0 Å². The van der Waals surface area contributed by atoms with Gasteiger partial charge in [0, 0.05) is 16.7 Å². The molecule has 2 heteroatoms. The normalized spacial score (nSPS) is 12.7. The fraction of sp³-hybridized carbons (Fsp3) is 0.0159. The second-order valence-electron chi connectivity index (χ2n) is 17.2. The van der Waals surface area contributed by atoms with Crippen LogP contribution in [0.15, 0.2) is 243 Å². The SMILES string of the molecule is c1ccc(-c2ccc(-c3nc(-c4ccc(-c5cccc6ccccc56)cc4)cc(-c4ccc5c(c4)-c4ccccc4-c4ccccc4C54c5ccccc5-c5ccccc54)n3)cc2)cc1. The maximum Gasteiger partial charge on any atom is 0.160 e. The minimum absolute atomic E-state index is 0.537. The lowest BCUT2D eigenvalue weighted by molar-refractivity contribution is 0.775. The van der Waals surface area contributed by atoms with Crippen LogP contribution in [-0.2, 0) is 5.41 Å². The van der Waals surface area contributed by atoms with Crippen LogP contribution >= 0.6 is 0 Å². The van der Waals surface area contributed by atoms with E-state index in [0.717, 1.165) is 33.6 Å². The Bertz CT molecular complexity index is 3590. The minimum atomic E-state index is -0.537. The maximum atomic E-state index is 5.42. The van der Waals surface area contributed by atoms with Crippen LogP contribution in [-0.4, -0.2) is 9.97 Å². The highest BCUT2D eigenvalue weighted by Crippen LogP contribution is 2.61. The predicted octanol–water partition coefficient (Wildman–Crippen LogP) is 16.0. The summed E-state index contributed by atoms with van der Waals surface area (Å²) >= 11 is 0. The molecule has 0 unspecified atom stereocenters. The van der Waals surface area contributed by atoms with Crippen LogP contribution in [0, 0.1) is 0 Å². The average molecular weight is 825 g/mol. The first-order valence-corrected chi connectivity index (χ1v) is 22.4. The van der Waals surface area contributed by atoms with Gasteiger partial charge in [-0.15, -0.1) is 0 Å². The third kappa shape index (κ3) is 5.81. The van der Waals surface area contributed by atoms with Crippen molar-refractivity contribution in [2.45, 2.75) is 5.41 Å². The highest BCUT2D eigenvalue weighted by Gasteiger charge is 2.49. The van der Waals surface area contributed by atoms with Gasteiger partial charge in [-0.3, -0.25) is 0 Å². The average Bonchev–Trinajstić information content (AvgIpc) is 3.63. The first-order valence-electron chi connectivity index (χ1n) is 22.4. The third-order valence-electron chi connectivity index (χ3n) is 13.8. The number of aromatic nitrogens is 2. The number of benzene rings is 10. The number of fused-ring (bicyclic) bond motifs is 13.